The average Bonchev–Trinajstić information content (AvgIpc) is 2.98. The Labute approximate surface area is 257 Å². The van der Waals surface area contributed by atoms with Crippen LogP contribution in [0.15, 0.2) is 91.0 Å². The van der Waals surface area contributed by atoms with Crippen molar-refractivity contribution in [2.45, 2.75) is 52.2 Å². The Morgan fingerprint density at radius 3 is 2.00 bits per heavy atom. The zero-order valence-corrected chi connectivity index (χ0v) is 25.0. The van der Waals surface area contributed by atoms with Gasteiger partial charge in [-0.3, -0.25) is 14.8 Å². The molecule has 4 aromatic rings. The minimum atomic E-state index is -4.42. The van der Waals surface area contributed by atoms with E-state index in [1.165, 1.54) is 35.4 Å². The first kappa shape index (κ1) is 33.3. The van der Waals surface area contributed by atoms with Crippen LogP contribution in [0.5, 0.6) is 0 Å². The topological polar surface area (TPSA) is 51.6 Å². The predicted molar refractivity (Wildman–Crippen MR) is 165 cm³/mol. The summed E-state index contributed by atoms with van der Waals surface area (Å²) in [6.45, 7) is 7.00. The van der Waals surface area contributed by atoms with Gasteiger partial charge in [0.2, 0.25) is 0 Å². The summed E-state index contributed by atoms with van der Waals surface area (Å²) in [5, 5.41) is 12.5. The first-order chi connectivity index (χ1) is 21.2. The number of aliphatic hydroxyl groups is 1. The van der Waals surface area contributed by atoms with E-state index in [0.717, 1.165) is 49.2 Å². The van der Waals surface area contributed by atoms with Gasteiger partial charge in [-0.25, -0.2) is 4.39 Å². The number of alkyl halides is 3. The Hall–Kier alpha value is -3.63. The number of aryl methyl sites for hydroxylation is 1. The minimum Gasteiger partial charge on any atom is -0.396 e. The normalized spacial score (nSPS) is 11.9. The fourth-order valence-corrected chi connectivity index (χ4v) is 5.13. The Balaban J connectivity index is 1.51. The van der Waals surface area contributed by atoms with E-state index in [2.05, 4.69) is 41.4 Å². The molecule has 3 aromatic carbocycles. The smallest absolute Gasteiger partial charge is 0.396 e. The molecule has 0 amide bonds. The molecule has 0 aliphatic heterocycles. The van der Waals surface area contributed by atoms with E-state index in [4.69, 9.17) is 10.1 Å². The first-order valence-electron chi connectivity index (χ1n) is 14.8. The largest absolute Gasteiger partial charge is 0.416 e. The van der Waals surface area contributed by atoms with Gasteiger partial charge >= 0.3 is 6.18 Å². The molecule has 0 saturated heterocycles. The van der Waals surface area contributed by atoms with E-state index in [0.29, 0.717) is 31.6 Å². The molecule has 0 radical (unpaired) electrons. The van der Waals surface area contributed by atoms with Gasteiger partial charge in [-0.2, -0.15) is 13.2 Å². The molecule has 0 aliphatic rings. The highest BCUT2D eigenvalue weighted by atomic mass is 19.4. The number of halogens is 4. The van der Waals surface area contributed by atoms with Gasteiger partial charge in [0, 0.05) is 52.4 Å². The fourth-order valence-electron chi connectivity index (χ4n) is 5.13. The molecular weight excluding hydrogens is 568 g/mol. The summed E-state index contributed by atoms with van der Waals surface area (Å²) in [7, 11) is 0. The van der Waals surface area contributed by atoms with Crippen LogP contribution in [-0.4, -0.2) is 46.1 Å². The second kappa shape index (κ2) is 16.4. The summed E-state index contributed by atoms with van der Waals surface area (Å²) >= 11 is 0. The van der Waals surface area contributed by atoms with Crippen molar-refractivity contribution in [3.8, 4) is 0 Å². The highest BCUT2D eigenvalue weighted by molar-refractivity contribution is 5.26. The summed E-state index contributed by atoms with van der Waals surface area (Å²) in [6.07, 6.45) is -3.72. The molecule has 4 rings (SSSR count). The van der Waals surface area contributed by atoms with Gasteiger partial charge < -0.3 is 10.4 Å². The van der Waals surface area contributed by atoms with Gasteiger partial charge in [-0.05, 0) is 66.9 Å². The van der Waals surface area contributed by atoms with E-state index in [1.54, 1.807) is 18.2 Å². The van der Waals surface area contributed by atoms with E-state index in [-0.39, 0.29) is 19.0 Å². The molecular formula is C35H40F4N4O. The third kappa shape index (κ3) is 11.1. The third-order valence-corrected chi connectivity index (χ3v) is 7.22. The Kier molecular flexibility index (Phi) is 12.4. The van der Waals surface area contributed by atoms with Crippen molar-refractivity contribution in [3.63, 3.8) is 0 Å². The van der Waals surface area contributed by atoms with Crippen LogP contribution in [0.3, 0.4) is 0 Å². The summed E-state index contributed by atoms with van der Waals surface area (Å²) in [5.74, 6) is -0.341. The monoisotopic (exact) mass is 608 g/mol. The van der Waals surface area contributed by atoms with Crippen LogP contribution >= 0.6 is 0 Å². The van der Waals surface area contributed by atoms with Crippen LogP contribution in [-0.2, 0) is 38.9 Å². The van der Waals surface area contributed by atoms with Crippen LogP contribution in [0.25, 0.3) is 0 Å². The van der Waals surface area contributed by atoms with Crippen molar-refractivity contribution in [2.24, 2.45) is 0 Å². The van der Waals surface area contributed by atoms with Crippen LogP contribution in [0.2, 0.25) is 0 Å². The lowest BCUT2D eigenvalue weighted by molar-refractivity contribution is -0.137. The quantitative estimate of drug-likeness (QED) is 0.109. The molecule has 1 aromatic heterocycles. The molecule has 0 spiro atoms. The molecule has 0 atom stereocenters. The molecule has 0 bridgehead atoms. The van der Waals surface area contributed by atoms with Crippen LogP contribution in [0, 0.1) is 12.7 Å². The standard InChI is InChI=1S/C35H40F4N4O/c1-27-6-2-7-29(20-27)23-42(18-17-40-16-5-19-44)25-33-10-4-11-34(41-33)26-43(22-28-12-14-32(36)15-13-28)24-30-8-3-9-31(21-30)35(37,38)39/h2-4,6-15,20-21,40,44H,5,16-19,22-26H2,1H3. The highest BCUT2D eigenvalue weighted by Crippen LogP contribution is 2.30. The second-order valence-electron chi connectivity index (χ2n) is 11.1. The lowest BCUT2D eigenvalue weighted by Gasteiger charge is -2.24. The van der Waals surface area contributed by atoms with Crippen molar-refractivity contribution in [3.05, 3.63) is 136 Å². The molecule has 0 fully saturated rings. The van der Waals surface area contributed by atoms with E-state index < -0.39 is 11.7 Å². The molecule has 44 heavy (non-hydrogen) atoms. The Morgan fingerprint density at radius 1 is 0.705 bits per heavy atom. The van der Waals surface area contributed by atoms with Crippen LogP contribution < -0.4 is 5.32 Å². The van der Waals surface area contributed by atoms with Crippen LogP contribution in [0.4, 0.5) is 17.6 Å². The van der Waals surface area contributed by atoms with Crippen molar-refractivity contribution in [2.75, 3.05) is 26.2 Å². The van der Waals surface area contributed by atoms with E-state index >= 15 is 0 Å². The molecule has 0 saturated carbocycles. The highest BCUT2D eigenvalue weighted by Gasteiger charge is 2.30. The Bertz CT molecular complexity index is 1450. The third-order valence-electron chi connectivity index (χ3n) is 7.22. The molecule has 9 heteroatoms. The number of nitrogens with zero attached hydrogens (tertiary/aromatic N) is 3. The summed E-state index contributed by atoms with van der Waals surface area (Å²) in [5.41, 5.74) is 4.81. The van der Waals surface area contributed by atoms with Crippen molar-refractivity contribution in [1.29, 1.82) is 0 Å². The van der Waals surface area contributed by atoms with Gasteiger partial charge in [0.25, 0.3) is 0 Å². The van der Waals surface area contributed by atoms with Gasteiger partial charge in [0.05, 0.1) is 17.0 Å². The molecule has 1 heterocycles. The van der Waals surface area contributed by atoms with Crippen molar-refractivity contribution < 1.29 is 22.7 Å². The summed E-state index contributed by atoms with van der Waals surface area (Å²) < 4.78 is 53.8. The maximum atomic E-state index is 13.6. The number of benzene rings is 3. The number of hydrogen-bond donors (Lipinski definition) is 2. The summed E-state index contributed by atoms with van der Waals surface area (Å²) in [6, 6.07) is 25.8. The molecule has 234 valence electrons. The van der Waals surface area contributed by atoms with E-state index in [9.17, 15) is 17.6 Å². The first-order valence-corrected chi connectivity index (χ1v) is 14.8. The lowest BCUT2D eigenvalue weighted by Crippen LogP contribution is -2.32. The van der Waals surface area contributed by atoms with Crippen molar-refractivity contribution in [1.82, 2.24) is 20.1 Å². The molecule has 5 nitrogen and oxygen atoms in total. The number of hydrogen-bond acceptors (Lipinski definition) is 5. The lowest BCUT2D eigenvalue weighted by atomic mass is 10.1. The number of pyridine rings is 1. The number of aliphatic hydroxyl groups excluding tert-OH is 1. The van der Waals surface area contributed by atoms with E-state index in [1.807, 2.05) is 23.1 Å². The summed E-state index contributed by atoms with van der Waals surface area (Å²) in [4.78, 5) is 9.29. The number of rotatable bonds is 16. The zero-order valence-electron chi connectivity index (χ0n) is 25.0. The van der Waals surface area contributed by atoms with Gasteiger partial charge in [0.15, 0.2) is 0 Å². The maximum absolute atomic E-state index is 13.6. The maximum Gasteiger partial charge on any atom is 0.416 e. The molecule has 0 aliphatic carbocycles. The second-order valence-corrected chi connectivity index (χ2v) is 11.1. The minimum absolute atomic E-state index is 0.155. The average molecular weight is 609 g/mol. The van der Waals surface area contributed by atoms with Gasteiger partial charge in [-0.15, -0.1) is 0 Å². The molecule has 0 unspecified atom stereocenters. The molecule has 2 N–H and O–H groups in total. The zero-order chi connectivity index (χ0) is 31.4. The van der Waals surface area contributed by atoms with Crippen molar-refractivity contribution >= 4 is 0 Å². The van der Waals surface area contributed by atoms with Gasteiger partial charge in [0.1, 0.15) is 5.82 Å². The van der Waals surface area contributed by atoms with Crippen LogP contribution in [0.1, 0.15) is 45.6 Å². The number of nitrogens with one attached hydrogen (secondary N) is 1. The fraction of sp³-hybridized carbons (Fsp3) is 0.343. The predicted octanol–water partition coefficient (Wildman–Crippen LogP) is 6.72. The SMILES string of the molecule is Cc1cccc(CN(CCNCCCO)Cc2cccc(CN(Cc3ccc(F)cc3)Cc3cccc(C(F)(F)F)c3)n2)c1. The Morgan fingerprint density at radius 2 is 1.32 bits per heavy atom. The number of aromatic nitrogens is 1. The van der Waals surface area contributed by atoms with Gasteiger partial charge in [-0.1, -0.05) is 66.2 Å².